The van der Waals surface area contributed by atoms with Crippen molar-refractivity contribution in [2.24, 2.45) is 0 Å². The molecule has 0 N–H and O–H groups in total. The van der Waals surface area contributed by atoms with Crippen LogP contribution < -0.4 is 18.9 Å². The van der Waals surface area contributed by atoms with Crippen LogP contribution in [0.15, 0.2) is 0 Å². The Kier molecular flexibility index (Phi) is 9.26. The van der Waals surface area contributed by atoms with Crippen LogP contribution in [0, 0.1) is 0 Å². The fourth-order valence-electron chi connectivity index (χ4n) is 2.34. The van der Waals surface area contributed by atoms with E-state index in [0.717, 1.165) is 0 Å². The third-order valence-corrected chi connectivity index (χ3v) is 75.9. The first-order valence-electron chi connectivity index (χ1n) is 9.25. The van der Waals surface area contributed by atoms with Crippen molar-refractivity contribution in [1.82, 2.24) is 0 Å². The molecule has 24 heavy (non-hydrogen) atoms. The summed E-state index contributed by atoms with van der Waals surface area (Å²) in [7, 11) is -2.40. The zero-order chi connectivity index (χ0) is 19.3. The Labute approximate surface area is 172 Å². The van der Waals surface area contributed by atoms with Crippen molar-refractivity contribution in [3.8, 4) is 0 Å². The maximum absolute atomic E-state index is 2.75. The maximum Gasteiger partial charge on any atom is 1.00 e. The monoisotopic (exact) mass is 408 g/mol. The summed E-state index contributed by atoms with van der Waals surface area (Å²) in [5.41, 5.74) is 0. The topological polar surface area (TPSA) is 0 Å². The smallest absolute Gasteiger partial charge is 0.462 e. The van der Waals surface area contributed by atoms with Gasteiger partial charge in [0.1, 0.15) is 0 Å². The first kappa shape index (κ1) is 27.9. The molecule has 0 aliphatic carbocycles. The Morgan fingerprint density at radius 3 is 0.958 bits per heavy atom. The summed E-state index contributed by atoms with van der Waals surface area (Å²) in [6, 6.07) is 0. The molecule has 0 saturated heterocycles. The van der Waals surface area contributed by atoms with Gasteiger partial charge in [0.15, 0.2) is 0 Å². The van der Waals surface area contributed by atoms with Crippen LogP contribution in [0.25, 0.3) is 0 Å². The quantitative estimate of drug-likeness (QED) is 0.622. The summed E-state index contributed by atoms with van der Waals surface area (Å²) in [5, 5.41) is 1.60. The predicted molar refractivity (Wildman–Crippen MR) is 123 cm³/mol. The average Bonchev–Trinajstić information content (AvgIpc) is 2.20. The van der Waals surface area contributed by atoms with Crippen molar-refractivity contribution in [1.29, 1.82) is 0 Å². The Morgan fingerprint density at radius 2 is 0.792 bits per heavy atom. The van der Waals surface area contributed by atoms with Gasteiger partial charge in [0.2, 0.25) is 0 Å². The van der Waals surface area contributed by atoms with Gasteiger partial charge in [0.25, 0.3) is 0 Å². The summed E-state index contributed by atoms with van der Waals surface area (Å²) < 4.78 is 0. The van der Waals surface area contributed by atoms with Crippen LogP contribution in [0.5, 0.6) is 0 Å². The van der Waals surface area contributed by atoms with E-state index in [4.69, 9.17) is 0 Å². The second kappa shape index (κ2) is 7.97. The van der Waals surface area contributed by atoms with E-state index < -0.39 is 22.8 Å². The third-order valence-electron chi connectivity index (χ3n) is 7.31. The van der Waals surface area contributed by atoms with Crippen LogP contribution in [0.2, 0.25) is 54.4 Å². The molecule has 0 saturated carbocycles. The van der Waals surface area contributed by atoms with E-state index in [1.54, 1.807) is 0 Å². The van der Waals surface area contributed by atoms with Gasteiger partial charge >= 0.3 is 18.9 Å². The van der Waals surface area contributed by atoms with Crippen LogP contribution in [0.1, 0.15) is 62.3 Å². The minimum absolute atomic E-state index is 0. The molecule has 6 heteroatoms. The largest absolute Gasteiger partial charge is 1.00 e. The van der Waals surface area contributed by atoms with E-state index in [9.17, 15) is 0 Å². The van der Waals surface area contributed by atoms with Gasteiger partial charge in [-0.05, 0) is 10.1 Å². The SMILES string of the molecule is CC(C)(C)[Si](C)(C)[Si-]=[Si]([Si](C)(C)C(C)(C)C)[Si](C)(C)C(C)(C)C.[Li+]. The van der Waals surface area contributed by atoms with Gasteiger partial charge in [0.05, 0.1) is 0 Å². The molecule has 0 aromatic carbocycles. The normalized spacial score (nSPS) is 15.0. The van der Waals surface area contributed by atoms with Gasteiger partial charge in [-0.25, -0.2) is 6.93 Å². The Hall–Kier alpha value is 1.68. The Balaban J connectivity index is 0. The molecular formula is C18H45LiSi5. The first-order chi connectivity index (χ1) is 9.59. The van der Waals surface area contributed by atoms with Gasteiger partial charge in [-0.3, -0.25) is 0 Å². The standard InChI is InChI=1S/C18H45Si5.Li/c1-16(2,3)21(10,11)19-20(22(12,13)17(4,5)6)23(14,15)18(7,8)9;/h1-15H3;/q-1;+1. The summed E-state index contributed by atoms with van der Waals surface area (Å²) in [4.78, 5) is 0. The van der Waals surface area contributed by atoms with Crippen molar-refractivity contribution in [2.45, 2.75) is 117 Å². The average molecular weight is 409 g/mol. The number of hydrogen-bond acceptors (Lipinski definition) is 0. The van der Waals surface area contributed by atoms with Crippen molar-refractivity contribution in [3.05, 3.63) is 0 Å². The molecule has 0 radical (unpaired) electrons. The third kappa shape index (κ3) is 5.84. The fraction of sp³-hybridized carbons (Fsp3) is 1.00. The molecule has 0 nitrogen and oxygen atoms in total. The van der Waals surface area contributed by atoms with Crippen LogP contribution in [0.4, 0.5) is 0 Å². The minimum atomic E-state index is -1.26. The van der Waals surface area contributed by atoms with E-state index in [1.165, 1.54) is 8.13 Å². The number of hydrogen-bond donors (Lipinski definition) is 0. The number of rotatable bonds is 3. The molecule has 0 bridgehead atoms. The molecule has 0 spiro atoms. The Morgan fingerprint density at radius 1 is 0.542 bits per heavy atom. The minimum Gasteiger partial charge on any atom is -0.462 e. The van der Waals surface area contributed by atoms with Crippen LogP contribution in [-0.2, 0) is 0 Å². The van der Waals surface area contributed by atoms with Crippen molar-refractivity contribution < 1.29 is 18.9 Å². The second-order valence-corrected chi connectivity index (χ2v) is 50.6. The summed E-state index contributed by atoms with van der Waals surface area (Å²) in [5.74, 6) is 0. The van der Waals surface area contributed by atoms with Gasteiger partial charge in [-0.15, -0.1) is 7.59 Å². The molecule has 0 heterocycles. The summed E-state index contributed by atoms with van der Waals surface area (Å²) in [6.07, 6.45) is 0. The van der Waals surface area contributed by atoms with E-state index in [2.05, 4.69) is 102 Å². The molecule has 0 atom stereocenters. The molecule has 0 amide bonds. The van der Waals surface area contributed by atoms with Crippen molar-refractivity contribution in [3.63, 3.8) is 0 Å². The molecule has 0 aromatic heterocycles. The van der Waals surface area contributed by atoms with Gasteiger partial charge in [-0.1, -0.05) is 107 Å². The zero-order valence-corrected chi connectivity index (χ0v) is 25.0. The second-order valence-electron chi connectivity index (χ2n) is 12.1. The predicted octanol–water partition coefficient (Wildman–Crippen LogP) is 3.87. The van der Waals surface area contributed by atoms with Gasteiger partial charge in [-0.2, -0.15) is 0 Å². The van der Waals surface area contributed by atoms with E-state index >= 15 is 0 Å². The fourth-order valence-corrected chi connectivity index (χ4v) is 97.0. The molecule has 0 aliphatic rings. The van der Waals surface area contributed by atoms with Crippen LogP contribution >= 0.6 is 0 Å². The van der Waals surface area contributed by atoms with Crippen LogP contribution in [-0.4, -0.2) is 37.8 Å². The van der Waals surface area contributed by atoms with E-state index in [1.807, 2.05) is 0 Å². The molecule has 0 rings (SSSR count). The Bertz CT molecular complexity index is 429. The van der Waals surface area contributed by atoms with Crippen LogP contribution in [0.3, 0.4) is 0 Å². The first-order valence-corrected chi connectivity index (χ1v) is 24.8. The van der Waals surface area contributed by atoms with E-state index in [0.29, 0.717) is 15.1 Å². The molecule has 0 unspecified atom stereocenters. The maximum atomic E-state index is 2.75. The van der Waals surface area contributed by atoms with Crippen molar-refractivity contribution >= 4 is 37.8 Å². The van der Waals surface area contributed by atoms with Gasteiger partial charge in [0, 0.05) is 15.2 Å². The molecule has 0 aliphatic heterocycles. The summed E-state index contributed by atoms with van der Waals surface area (Å²) in [6.45, 7) is 38.9. The molecule has 0 aromatic rings. The zero-order valence-electron chi connectivity index (χ0n) is 20.0. The molecular weight excluding hydrogens is 364 g/mol. The van der Waals surface area contributed by atoms with Crippen molar-refractivity contribution in [2.75, 3.05) is 0 Å². The van der Waals surface area contributed by atoms with Gasteiger partial charge < -0.3 is 8.13 Å². The molecule has 138 valence electrons. The summed E-state index contributed by atoms with van der Waals surface area (Å²) >= 11 is 0. The molecule has 0 fully saturated rings. The van der Waals surface area contributed by atoms with E-state index in [-0.39, 0.29) is 25.8 Å².